The molecule has 0 atom stereocenters. The summed E-state index contributed by atoms with van der Waals surface area (Å²) in [4.78, 5) is 41.5. The lowest BCUT2D eigenvalue weighted by Crippen LogP contribution is -2.51. The minimum Gasteiger partial charge on any atom is -0.339 e. The van der Waals surface area contributed by atoms with E-state index in [4.69, 9.17) is 4.98 Å². The normalized spacial score (nSPS) is 17.0. The zero-order valence-electron chi connectivity index (χ0n) is 22.1. The van der Waals surface area contributed by atoms with Gasteiger partial charge in [0, 0.05) is 77.2 Å². The van der Waals surface area contributed by atoms with Crippen molar-refractivity contribution in [2.24, 2.45) is 0 Å². The van der Waals surface area contributed by atoms with Gasteiger partial charge < -0.3 is 20.0 Å². The standard InChI is InChI=1S/C29H37N7O2/c1-23-7-9-25(10-8-23)31-29(38)36-19-17-35(18-20-36)28-30-26(21-27(37)32-28)22-34-15-13-33(14-16-34)12-11-24-5-3-2-4-6-24/h2-10,21H,11-20,22H2,1H3,(H,31,38)(H,30,32,37). The zero-order valence-corrected chi connectivity index (χ0v) is 22.1. The fraction of sp³-hybridized carbons (Fsp3) is 0.414. The largest absolute Gasteiger partial charge is 0.339 e. The smallest absolute Gasteiger partial charge is 0.321 e. The third-order valence-corrected chi connectivity index (χ3v) is 7.36. The predicted molar refractivity (Wildman–Crippen MR) is 151 cm³/mol. The number of carbonyl (C=O) groups is 1. The summed E-state index contributed by atoms with van der Waals surface area (Å²) in [5.41, 5.74) is 3.98. The first-order valence-electron chi connectivity index (χ1n) is 13.5. The van der Waals surface area contributed by atoms with Crippen molar-refractivity contribution in [2.45, 2.75) is 19.9 Å². The Kier molecular flexibility index (Phi) is 8.35. The summed E-state index contributed by atoms with van der Waals surface area (Å²) >= 11 is 0. The van der Waals surface area contributed by atoms with Crippen LogP contribution in [-0.2, 0) is 13.0 Å². The average molecular weight is 516 g/mol. The topological polar surface area (TPSA) is 87.8 Å². The van der Waals surface area contributed by atoms with Crippen LogP contribution in [0.15, 0.2) is 65.5 Å². The van der Waals surface area contributed by atoms with Gasteiger partial charge in [-0.25, -0.2) is 9.78 Å². The molecule has 0 aliphatic carbocycles. The molecule has 9 heteroatoms. The predicted octanol–water partition coefficient (Wildman–Crippen LogP) is 2.79. The highest BCUT2D eigenvalue weighted by Gasteiger charge is 2.23. The molecule has 2 fully saturated rings. The average Bonchev–Trinajstić information content (AvgIpc) is 2.94. The summed E-state index contributed by atoms with van der Waals surface area (Å²) in [5, 5.41) is 2.96. The number of nitrogens with zero attached hydrogens (tertiary/aromatic N) is 5. The zero-order chi connectivity index (χ0) is 26.3. The molecular weight excluding hydrogens is 478 g/mol. The number of H-pyrrole nitrogens is 1. The maximum atomic E-state index is 12.7. The number of hydrogen-bond donors (Lipinski definition) is 2. The Hall–Kier alpha value is -3.69. The Labute approximate surface area is 224 Å². The quantitative estimate of drug-likeness (QED) is 0.503. The van der Waals surface area contributed by atoms with Gasteiger partial charge in [-0.05, 0) is 31.0 Å². The molecule has 3 aromatic rings. The number of aromatic amines is 1. The first-order valence-corrected chi connectivity index (χ1v) is 13.5. The summed E-state index contributed by atoms with van der Waals surface area (Å²) < 4.78 is 0. The number of hydrogen-bond acceptors (Lipinski definition) is 6. The highest BCUT2D eigenvalue weighted by atomic mass is 16.2. The van der Waals surface area contributed by atoms with Crippen LogP contribution < -0.4 is 15.8 Å². The van der Waals surface area contributed by atoms with E-state index in [0.717, 1.165) is 56.1 Å². The van der Waals surface area contributed by atoms with Gasteiger partial charge in [0.15, 0.2) is 0 Å². The van der Waals surface area contributed by atoms with E-state index < -0.39 is 0 Å². The Balaban J connectivity index is 1.10. The maximum absolute atomic E-state index is 12.7. The van der Waals surface area contributed by atoms with Crippen molar-refractivity contribution in [3.8, 4) is 0 Å². The third kappa shape index (κ3) is 6.99. The molecule has 2 amide bonds. The van der Waals surface area contributed by atoms with E-state index in [1.54, 1.807) is 11.0 Å². The Morgan fingerprint density at radius 2 is 1.58 bits per heavy atom. The number of benzene rings is 2. The van der Waals surface area contributed by atoms with E-state index in [0.29, 0.717) is 38.7 Å². The van der Waals surface area contributed by atoms with E-state index >= 15 is 0 Å². The summed E-state index contributed by atoms with van der Waals surface area (Å²) in [6, 6.07) is 19.9. The van der Waals surface area contributed by atoms with Crippen molar-refractivity contribution >= 4 is 17.7 Å². The number of urea groups is 1. The fourth-order valence-electron chi connectivity index (χ4n) is 5.02. The number of anilines is 2. The molecule has 2 aromatic carbocycles. The highest BCUT2D eigenvalue weighted by molar-refractivity contribution is 5.89. The third-order valence-electron chi connectivity index (χ3n) is 7.36. The molecule has 0 spiro atoms. The van der Waals surface area contributed by atoms with Crippen LogP contribution in [0.4, 0.5) is 16.4 Å². The lowest BCUT2D eigenvalue weighted by molar-refractivity contribution is 0.127. The Bertz CT molecular complexity index is 1250. The van der Waals surface area contributed by atoms with Crippen LogP contribution in [0.2, 0.25) is 0 Å². The maximum Gasteiger partial charge on any atom is 0.321 e. The Morgan fingerprint density at radius 3 is 2.29 bits per heavy atom. The second-order valence-electron chi connectivity index (χ2n) is 10.2. The first kappa shape index (κ1) is 25.9. The number of piperazine rings is 2. The lowest BCUT2D eigenvalue weighted by atomic mass is 10.1. The second-order valence-corrected chi connectivity index (χ2v) is 10.2. The van der Waals surface area contributed by atoms with Gasteiger partial charge in [0.05, 0.1) is 5.69 Å². The Morgan fingerprint density at radius 1 is 0.895 bits per heavy atom. The molecule has 2 aliphatic heterocycles. The van der Waals surface area contributed by atoms with Gasteiger partial charge >= 0.3 is 6.03 Å². The molecule has 9 nitrogen and oxygen atoms in total. The molecule has 2 N–H and O–H groups in total. The molecule has 38 heavy (non-hydrogen) atoms. The van der Waals surface area contributed by atoms with Gasteiger partial charge in [-0.15, -0.1) is 0 Å². The lowest BCUT2D eigenvalue weighted by Gasteiger charge is -2.36. The minimum atomic E-state index is -0.133. The van der Waals surface area contributed by atoms with Gasteiger partial charge in [0.2, 0.25) is 5.95 Å². The molecule has 2 saturated heterocycles. The summed E-state index contributed by atoms with van der Waals surface area (Å²) in [6.45, 7) is 10.1. The van der Waals surface area contributed by atoms with Crippen LogP contribution in [0.5, 0.6) is 0 Å². The van der Waals surface area contributed by atoms with Gasteiger partial charge in [-0.3, -0.25) is 14.7 Å². The van der Waals surface area contributed by atoms with Crippen molar-refractivity contribution in [1.29, 1.82) is 0 Å². The van der Waals surface area contributed by atoms with Crippen LogP contribution in [0.3, 0.4) is 0 Å². The van der Waals surface area contributed by atoms with Crippen LogP contribution in [0.25, 0.3) is 0 Å². The van der Waals surface area contributed by atoms with Crippen molar-refractivity contribution < 1.29 is 4.79 Å². The van der Waals surface area contributed by atoms with E-state index in [-0.39, 0.29) is 11.6 Å². The summed E-state index contributed by atoms with van der Waals surface area (Å²) in [7, 11) is 0. The van der Waals surface area contributed by atoms with Crippen molar-refractivity contribution in [2.75, 3.05) is 69.1 Å². The van der Waals surface area contributed by atoms with Gasteiger partial charge in [0.25, 0.3) is 5.56 Å². The molecule has 1 aromatic heterocycles. The minimum absolute atomic E-state index is 0.105. The van der Waals surface area contributed by atoms with Gasteiger partial charge in [0.1, 0.15) is 0 Å². The molecule has 0 radical (unpaired) electrons. The molecule has 0 saturated carbocycles. The molecule has 2 aliphatic rings. The fourth-order valence-corrected chi connectivity index (χ4v) is 5.02. The van der Waals surface area contributed by atoms with Crippen LogP contribution in [-0.4, -0.2) is 89.6 Å². The van der Waals surface area contributed by atoms with Gasteiger partial charge in [-0.1, -0.05) is 48.0 Å². The number of nitrogens with one attached hydrogen (secondary N) is 2. The van der Waals surface area contributed by atoms with Crippen LogP contribution >= 0.6 is 0 Å². The molecule has 200 valence electrons. The van der Waals surface area contributed by atoms with Crippen molar-refractivity contribution in [3.63, 3.8) is 0 Å². The number of rotatable bonds is 7. The van der Waals surface area contributed by atoms with Crippen molar-refractivity contribution in [3.05, 3.63) is 87.8 Å². The SMILES string of the molecule is Cc1ccc(NC(=O)N2CCN(c3nc(CN4CCN(CCc5ccccc5)CC4)cc(=O)[nH]3)CC2)cc1. The second kappa shape index (κ2) is 12.2. The van der Waals surface area contributed by atoms with Crippen LogP contribution in [0, 0.1) is 6.92 Å². The molecule has 0 unspecified atom stereocenters. The number of aromatic nitrogens is 2. The number of carbonyl (C=O) groups excluding carboxylic acids is 1. The van der Waals surface area contributed by atoms with Gasteiger partial charge in [-0.2, -0.15) is 0 Å². The summed E-state index contributed by atoms with van der Waals surface area (Å²) in [5.74, 6) is 0.590. The molecule has 3 heterocycles. The van der Waals surface area contributed by atoms with E-state index in [1.807, 2.05) is 31.2 Å². The molecule has 0 bridgehead atoms. The molecular formula is C29H37N7O2. The van der Waals surface area contributed by atoms with E-state index in [2.05, 4.69) is 55.3 Å². The summed E-state index contributed by atoms with van der Waals surface area (Å²) in [6.07, 6.45) is 1.07. The number of aryl methyl sites for hydroxylation is 1. The van der Waals surface area contributed by atoms with Crippen LogP contribution in [0.1, 0.15) is 16.8 Å². The highest BCUT2D eigenvalue weighted by Crippen LogP contribution is 2.15. The van der Waals surface area contributed by atoms with Crippen molar-refractivity contribution in [1.82, 2.24) is 24.7 Å². The molecule has 5 rings (SSSR count). The number of amides is 2. The first-order chi connectivity index (χ1) is 18.5. The monoisotopic (exact) mass is 515 g/mol. The van der Waals surface area contributed by atoms with E-state index in [9.17, 15) is 9.59 Å². The van der Waals surface area contributed by atoms with E-state index in [1.165, 1.54) is 5.56 Å².